The molecule has 0 saturated carbocycles. The van der Waals surface area contributed by atoms with Gasteiger partial charge in [-0.3, -0.25) is 4.79 Å². The maximum Gasteiger partial charge on any atom is 0.258 e. The van der Waals surface area contributed by atoms with Gasteiger partial charge in [-0.15, -0.1) is 0 Å². The summed E-state index contributed by atoms with van der Waals surface area (Å²) in [7, 11) is 0. The fourth-order valence-corrected chi connectivity index (χ4v) is 2.56. The van der Waals surface area contributed by atoms with Gasteiger partial charge in [0, 0.05) is 15.1 Å². The zero-order chi connectivity index (χ0) is 16.4. The van der Waals surface area contributed by atoms with Gasteiger partial charge in [-0.25, -0.2) is 9.07 Å². The van der Waals surface area contributed by atoms with Crippen LogP contribution in [0.1, 0.15) is 10.4 Å². The Labute approximate surface area is 148 Å². The summed E-state index contributed by atoms with van der Waals surface area (Å²) in [5, 5.41) is 6.69. The number of aromatic nitrogens is 2. The lowest BCUT2D eigenvalue weighted by Gasteiger charge is -2.05. The second kappa shape index (κ2) is 6.64. The first-order valence-electron chi connectivity index (χ1n) is 6.60. The normalized spacial score (nSPS) is 10.6. The topological polar surface area (TPSA) is 46.9 Å². The molecule has 1 amide bonds. The third-order valence-corrected chi connectivity index (χ3v) is 4.14. The summed E-state index contributed by atoms with van der Waals surface area (Å²) >= 11 is 6.53. The molecule has 1 N–H and O–H groups in total. The van der Waals surface area contributed by atoms with E-state index in [2.05, 4.69) is 42.3 Å². The van der Waals surface area contributed by atoms with Gasteiger partial charge in [0.15, 0.2) is 0 Å². The standard InChI is InChI=1S/C16H10Br2FN3O/c17-11-1-4-13(5-2-11)22-9-10(8-20-22)16(23)21-15-6-3-12(18)7-14(15)19/h1-9H,(H,21,23). The van der Waals surface area contributed by atoms with E-state index in [0.717, 1.165) is 10.2 Å². The van der Waals surface area contributed by atoms with Crippen LogP contribution in [0, 0.1) is 5.82 Å². The van der Waals surface area contributed by atoms with Crippen molar-refractivity contribution >= 4 is 43.5 Å². The number of halogens is 3. The molecule has 116 valence electrons. The predicted octanol–water partition coefficient (Wildman–Crippen LogP) is 4.79. The van der Waals surface area contributed by atoms with Crippen LogP contribution in [0.15, 0.2) is 63.8 Å². The number of amides is 1. The second-order valence-corrected chi connectivity index (χ2v) is 6.56. The second-order valence-electron chi connectivity index (χ2n) is 4.73. The van der Waals surface area contributed by atoms with Gasteiger partial charge in [-0.2, -0.15) is 5.10 Å². The summed E-state index contributed by atoms with van der Waals surface area (Å²) in [5.41, 5.74) is 1.28. The lowest BCUT2D eigenvalue weighted by molar-refractivity contribution is 0.102. The van der Waals surface area contributed by atoms with Crippen LogP contribution >= 0.6 is 31.9 Å². The number of carbonyl (C=O) groups excluding carboxylic acids is 1. The van der Waals surface area contributed by atoms with Gasteiger partial charge >= 0.3 is 0 Å². The van der Waals surface area contributed by atoms with Gasteiger partial charge in [0.25, 0.3) is 5.91 Å². The van der Waals surface area contributed by atoms with Gasteiger partial charge in [0.1, 0.15) is 5.82 Å². The largest absolute Gasteiger partial charge is 0.319 e. The maximum absolute atomic E-state index is 13.8. The van der Waals surface area contributed by atoms with E-state index in [0.29, 0.717) is 10.0 Å². The highest BCUT2D eigenvalue weighted by Gasteiger charge is 2.12. The minimum atomic E-state index is -0.506. The molecule has 2 aromatic carbocycles. The molecule has 0 aliphatic rings. The van der Waals surface area contributed by atoms with Crippen molar-refractivity contribution in [2.75, 3.05) is 5.32 Å². The zero-order valence-corrected chi connectivity index (χ0v) is 14.8. The van der Waals surface area contributed by atoms with Gasteiger partial charge in [-0.05, 0) is 42.5 Å². The minimum Gasteiger partial charge on any atom is -0.319 e. The van der Waals surface area contributed by atoms with Crippen LogP contribution in [0.25, 0.3) is 5.69 Å². The van der Waals surface area contributed by atoms with E-state index in [4.69, 9.17) is 0 Å². The number of nitrogens with one attached hydrogen (secondary N) is 1. The average Bonchev–Trinajstić information content (AvgIpc) is 3.01. The molecule has 1 aromatic heterocycles. The summed E-state index contributed by atoms with van der Waals surface area (Å²) in [6, 6.07) is 11.9. The molecule has 0 radical (unpaired) electrons. The molecule has 0 fully saturated rings. The summed E-state index contributed by atoms with van der Waals surface area (Å²) in [4.78, 5) is 12.2. The van der Waals surface area contributed by atoms with Crippen LogP contribution in [0.3, 0.4) is 0 Å². The molecular weight excluding hydrogens is 429 g/mol. The number of benzene rings is 2. The highest BCUT2D eigenvalue weighted by atomic mass is 79.9. The van der Waals surface area contributed by atoms with Crippen LogP contribution in [-0.4, -0.2) is 15.7 Å². The highest BCUT2D eigenvalue weighted by Crippen LogP contribution is 2.20. The van der Waals surface area contributed by atoms with E-state index < -0.39 is 11.7 Å². The Kier molecular flexibility index (Phi) is 4.58. The van der Waals surface area contributed by atoms with Gasteiger partial charge in [-0.1, -0.05) is 31.9 Å². The number of rotatable bonds is 3. The van der Waals surface area contributed by atoms with Crippen molar-refractivity contribution in [2.24, 2.45) is 0 Å². The third kappa shape index (κ3) is 3.68. The maximum atomic E-state index is 13.8. The van der Waals surface area contributed by atoms with E-state index in [9.17, 15) is 9.18 Å². The zero-order valence-electron chi connectivity index (χ0n) is 11.6. The Morgan fingerprint density at radius 2 is 1.78 bits per heavy atom. The van der Waals surface area contributed by atoms with Crippen molar-refractivity contribution in [1.29, 1.82) is 0 Å². The molecule has 3 rings (SSSR count). The lowest BCUT2D eigenvalue weighted by atomic mass is 10.2. The molecule has 0 aliphatic heterocycles. The van der Waals surface area contributed by atoms with E-state index >= 15 is 0 Å². The van der Waals surface area contributed by atoms with E-state index in [1.165, 1.54) is 18.3 Å². The Morgan fingerprint density at radius 3 is 2.48 bits per heavy atom. The molecule has 0 atom stereocenters. The Hall–Kier alpha value is -1.99. The Morgan fingerprint density at radius 1 is 1.09 bits per heavy atom. The Bertz CT molecular complexity index is 862. The first kappa shape index (κ1) is 15.9. The van der Waals surface area contributed by atoms with Crippen molar-refractivity contribution in [1.82, 2.24) is 9.78 Å². The molecule has 1 heterocycles. The summed E-state index contributed by atoms with van der Waals surface area (Å²) in [6.07, 6.45) is 3.03. The van der Waals surface area contributed by atoms with E-state index in [-0.39, 0.29) is 5.69 Å². The van der Waals surface area contributed by atoms with Crippen molar-refractivity contribution in [2.45, 2.75) is 0 Å². The number of hydrogen-bond donors (Lipinski definition) is 1. The van der Waals surface area contributed by atoms with Crippen molar-refractivity contribution in [3.63, 3.8) is 0 Å². The summed E-state index contributed by atoms with van der Waals surface area (Å²) in [6.45, 7) is 0. The fourth-order valence-electron chi connectivity index (χ4n) is 1.96. The van der Waals surface area contributed by atoms with Crippen LogP contribution < -0.4 is 5.32 Å². The molecule has 7 heteroatoms. The molecule has 0 unspecified atom stereocenters. The first-order valence-corrected chi connectivity index (χ1v) is 8.18. The monoisotopic (exact) mass is 437 g/mol. The average molecular weight is 439 g/mol. The number of carbonyl (C=O) groups is 1. The van der Waals surface area contributed by atoms with Gasteiger partial charge in [0.05, 0.1) is 23.1 Å². The smallest absolute Gasteiger partial charge is 0.258 e. The van der Waals surface area contributed by atoms with Crippen LogP contribution in [0.5, 0.6) is 0 Å². The quantitative estimate of drug-likeness (QED) is 0.639. The van der Waals surface area contributed by atoms with Crippen molar-refractivity contribution < 1.29 is 9.18 Å². The fraction of sp³-hybridized carbons (Fsp3) is 0. The molecule has 0 bridgehead atoms. The number of anilines is 1. The minimum absolute atomic E-state index is 0.120. The number of nitrogens with zero attached hydrogens (tertiary/aromatic N) is 2. The van der Waals surface area contributed by atoms with Gasteiger partial charge in [0.2, 0.25) is 0 Å². The van der Waals surface area contributed by atoms with E-state index in [1.54, 1.807) is 16.9 Å². The third-order valence-electron chi connectivity index (χ3n) is 3.12. The van der Waals surface area contributed by atoms with Gasteiger partial charge < -0.3 is 5.32 Å². The molecule has 0 aliphatic carbocycles. The Balaban J connectivity index is 1.79. The molecule has 0 spiro atoms. The van der Waals surface area contributed by atoms with Crippen molar-refractivity contribution in [3.05, 3.63) is 75.2 Å². The van der Waals surface area contributed by atoms with Crippen molar-refractivity contribution in [3.8, 4) is 5.69 Å². The predicted molar refractivity (Wildman–Crippen MR) is 93.3 cm³/mol. The molecule has 3 aromatic rings. The van der Waals surface area contributed by atoms with Crippen LogP contribution in [0.2, 0.25) is 0 Å². The lowest BCUT2D eigenvalue weighted by Crippen LogP contribution is -2.12. The SMILES string of the molecule is O=C(Nc1ccc(Br)cc1F)c1cnn(-c2ccc(Br)cc2)c1. The summed E-state index contributed by atoms with van der Waals surface area (Å²) in [5.74, 6) is -0.928. The molecular formula is C16H10Br2FN3O. The summed E-state index contributed by atoms with van der Waals surface area (Å²) < 4.78 is 16.9. The van der Waals surface area contributed by atoms with Crippen LogP contribution in [-0.2, 0) is 0 Å². The molecule has 4 nitrogen and oxygen atoms in total. The highest BCUT2D eigenvalue weighted by molar-refractivity contribution is 9.10. The molecule has 23 heavy (non-hydrogen) atoms. The molecule has 0 saturated heterocycles. The van der Waals surface area contributed by atoms with Crippen LogP contribution in [0.4, 0.5) is 10.1 Å². The van der Waals surface area contributed by atoms with E-state index in [1.807, 2.05) is 24.3 Å². The first-order chi connectivity index (χ1) is 11.0. The number of hydrogen-bond acceptors (Lipinski definition) is 2.